The van der Waals surface area contributed by atoms with Crippen LogP contribution in [0.1, 0.15) is 29.2 Å². The zero-order valence-corrected chi connectivity index (χ0v) is 22.2. The van der Waals surface area contributed by atoms with E-state index in [0.29, 0.717) is 41.5 Å². The highest BCUT2D eigenvalue weighted by molar-refractivity contribution is 14.1. The Labute approximate surface area is 222 Å². The Kier molecular flexibility index (Phi) is 9.02. The minimum absolute atomic E-state index is 0.0793. The van der Waals surface area contributed by atoms with Crippen LogP contribution in [0.5, 0.6) is 11.5 Å². The highest BCUT2D eigenvalue weighted by Gasteiger charge is 2.16. The number of nitro benzene ring substituents is 1. The van der Waals surface area contributed by atoms with Crippen LogP contribution in [0.25, 0.3) is 6.08 Å². The number of aryl methyl sites for hydroxylation is 2. The van der Waals surface area contributed by atoms with Gasteiger partial charge in [-0.05, 0) is 89.9 Å². The van der Waals surface area contributed by atoms with Crippen molar-refractivity contribution in [3.63, 3.8) is 0 Å². The highest BCUT2D eigenvalue weighted by Crippen LogP contribution is 2.36. The summed E-state index contributed by atoms with van der Waals surface area (Å²) in [6.45, 7) is 6.31. The monoisotopic (exact) mass is 597 g/mol. The molecule has 0 aliphatic rings. The number of carbonyl (C=O) groups is 1. The Morgan fingerprint density at radius 2 is 1.89 bits per heavy atom. The molecule has 8 nitrogen and oxygen atoms in total. The van der Waals surface area contributed by atoms with E-state index in [4.69, 9.17) is 9.47 Å². The summed E-state index contributed by atoms with van der Waals surface area (Å²) in [7, 11) is 0. The van der Waals surface area contributed by atoms with Gasteiger partial charge in [0.25, 0.3) is 11.6 Å². The Hall–Kier alpha value is -3.91. The fourth-order valence-corrected chi connectivity index (χ4v) is 4.18. The molecule has 184 valence electrons. The zero-order chi connectivity index (χ0) is 26.2. The number of halogens is 1. The number of rotatable bonds is 9. The van der Waals surface area contributed by atoms with Crippen LogP contribution in [0.4, 0.5) is 11.4 Å². The lowest BCUT2D eigenvalue weighted by molar-refractivity contribution is -0.384. The molecule has 0 unspecified atom stereocenters. The predicted octanol–water partition coefficient (Wildman–Crippen LogP) is 6.34. The maximum atomic E-state index is 12.8. The second-order valence-corrected chi connectivity index (χ2v) is 9.02. The van der Waals surface area contributed by atoms with Crippen LogP contribution in [-0.4, -0.2) is 17.4 Å². The largest absolute Gasteiger partial charge is 0.490 e. The number of nitro groups is 1. The molecule has 0 fully saturated rings. The van der Waals surface area contributed by atoms with Gasteiger partial charge in [0.1, 0.15) is 18.2 Å². The Morgan fingerprint density at radius 1 is 1.14 bits per heavy atom. The van der Waals surface area contributed by atoms with Crippen LogP contribution in [0.3, 0.4) is 0 Å². The first-order valence-corrected chi connectivity index (χ1v) is 12.1. The predicted molar refractivity (Wildman–Crippen MR) is 146 cm³/mol. The van der Waals surface area contributed by atoms with E-state index < -0.39 is 10.8 Å². The molecule has 0 aliphatic carbocycles. The van der Waals surface area contributed by atoms with Crippen molar-refractivity contribution in [2.24, 2.45) is 0 Å². The van der Waals surface area contributed by atoms with Crippen molar-refractivity contribution in [3.05, 3.63) is 96.1 Å². The van der Waals surface area contributed by atoms with Crippen molar-refractivity contribution < 1.29 is 19.2 Å². The summed E-state index contributed by atoms with van der Waals surface area (Å²) in [5.74, 6) is 0.470. The smallest absolute Gasteiger partial charge is 0.269 e. The first-order valence-electron chi connectivity index (χ1n) is 11.0. The van der Waals surface area contributed by atoms with Crippen molar-refractivity contribution in [3.8, 4) is 17.6 Å². The molecule has 0 radical (unpaired) electrons. The van der Waals surface area contributed by atoms with E-state index in [9.17, 15) is 20.2 Å². The van der Waals surface area contributed by atoms with Crippen molar-refractivity contribution >= 4 is 45.9 Å². The fourth-order valence-electron chi connectivity index (χ4n) is 3.40. The van der Waals surface area contributed by atoms with E-state index in [-0.39, 0.29) is 11.3 Å². The molecule has 9 heteroatoms. The molecular weight excluding hydrogens is 573 g/mol. The number of amides is 1. The topological polar surface area (TPSA) is 114 Å². The first kappa shape index (κ1) is 26.7. The maximum absolute atomic E-state index is 12.8. The van der Waals surface area contributed by atoms with E-state index in [1.54, 1.807) is 19.1 Å². The minimum Gasteiger partial charge on any atom is -0.490 e. The number of benzene rings is 3. The summed E-state index contributed by atoms with van der Waals surface area (Å²) in [6, 6.07) is 17.5. The molecular formula is C27H24IN3O5. The van der Waals surface area contributed by atoms with E-state index in [0.717, 1.165) is 14.7 Å². The second-order valence-electron chi connectivity index (χ2n) is 7.86. The van der Waals surface area contributed by atoms with Gasteiger partial charge in [-0.2, -0.15) is 5.26 Å². The molecule has 0 saturated heterocycles. The van der Waals surface area contributed by atoms with Gasteiger partial charge in [-0.15, -0.1) is 0 Å². The number of hydrogen-bond acceptors (Lipinski definition) is 6. The Balaban J connectivity index is 1.86. The van der Waals surface area contributed by atoms with Gasteiger partial charge in [-0.3, -0.25) is 14.9 Å². The molecule has 1 amide bonds. The van der Waals surface area contributed by atoms with Gasteiger partial charge in [-0.1, -0.05) is 24.3 Å². The van der Waals surface area contributed by atoms with Gasteiger partial charge < -0.3 is 14.8 Å². The summed E-state index contributed by atoms with van der Waals surface area (Å²) in [6.07, 6.45) is 1.46. The molecule has 0 bridgehead atoms. The van der Waals surface area contributed by atoms with Crippen molar-refractivity contribution in [1.29, 1.82) is 5.26 Å². The van der Waals surface area contributed by atoms with Crippen molar-refractivity contribution in [1.82, 2.24) is 0 Å². The first-order chi connectivity index (χ1) is 17.2. The SMILES string of the molecule is CCOc1cc(C=C(C#N)C(=O)Nc2ccc([N+](=O)[O-])cc2C)cc(I)c1OCc1ccccc1C. The molecule has 3 aromatic carbocycles. The molecule has 3 aromatic rings. The minimum atomic E-state index is -0.623. The third kappa shape index (κ3) is 6.60. The number of nitriles is 1. The quantitative estimate of drug-likeness (QED) is 0.101. The van der Waals surface area contributed by atoms with Crippen LogP contribution in [0.15, 0.2) is 60.2 Å². The number of ether oxygens (including phenoxy) is 2. The number of carbonyl (C=O) groups excluding carboxylic acids is 1. The van der Waals surface area contributed by atoms with Gasteiger partial charge in [-0.25, -0.2) is 0 Å². The van der Waals surface area contributed by atoms with E-state index >= 15 is 0 Å². The number of nitrogens with zero attached hydrogens (tertiary/aromatic N) is 2. The molecule has 36 heavy (non-hydrogen) atoms. The Morgan fingerprint density at radius 3 is 2.53 bits per heavy atom. The molecule has 3 rings (SSSR count). The van der Waals surface area contributed by atoms with Gasteiger partial charge in [0.15, 0.2) is 11.5 Å². The number of hydrogen-bond donors (Lipinski definition) is 1. The lowest BCUT2D eigenvalue weighted by atomic mass is 10.1. The molecule has 0 aromatic heterocycles. The van der Waals surface area contributed by atoms with Gasteiger partial charge in [0.05, 0.1) is 15.1 Å². The summed E-state index contributed by atoms with van der Waals surface area (Å²) < 4.78 is 12.7. The van der Waals surface area contributed by atoms with Crippen molar-refractivity contribution in [2.75, 3.05) is 11.9 Å². The van der Waals surface area contributed by atoms with Crippen LogP contribution < -0.4 is 14.8 Å². The molecule has 0 aliphatic heterocycles. The van der Waals surface area contributed by atoms with E-state index in [1.165, 1.54) is 24.3 Å². The summed E-state index contributed by atoms with van der Waals surface area (Å²) >= 11 is 2.14. The zero-order valence-electron chi connectivity index (χ0n) is 20.0. The standard InChI is InChI=1S/C27H24IN3O5/c1-4-35-25-14-19(13-23(28)26(25)36-16-20-8-6-5-7-17(20)2)12-21(15-29)27(32)30-24-10-9-22(31(33)34)11-18(24)3/h5-14H,4,16H2,1-3H3,(H,30,32). The fraction of sp³-hybridized carbons (Fsp3) is 0.185. The average molecular weight is 597 g/mol. The average Bonchev–Trinajstić information content (AvgIpc) is 2.84. The summed E-state index contributed by atoms with van der Waals surface area (Å²) in [5.41, 5.74) is 3.47. The Bertz CT molecular complexity index is 1380. The van der Waals surface area contributed by atoms with Crippen LogP contribution >= 0.6 is 22.6 Å². The molecule has 0 heterocycles. The molecule has 0 atom stereocenters. The normalized spacial score (nSPS) is 10.9. The van der Waals surface area contributed by atoms with E-state index in [1.807, 2.05) is 44.2 Å². The maximum Gasteiger partial charge on any atom is 0.269 e. The number of non-ortho nitro benzene ring substituents is 1. The third-order valence-corrected chi connectivity index (χ3v) is 6.11. The molecule has 0 saturated carbocycles. The van der Waals surface area contributed by atoms with E-state index in [2.05, 4.69) is 27.9 Å². The van der Waals surface area contributed by atoms with Gasteiger partial charge in [0, 0.05) is 17.8 Å². The molecule has 1 N–H and O–H groups in total. The van der Waals surface area contributed by atoms with Gasteiger partial charge >= 0.3 is 0 Å². The highest BCUT2D eigenvalue weighted by atomic mass is 127. The lowest BCUT2D eigenvalue weighted by Crippen LogP contribution is -2.14. The summed E-state index contributed by atoms with van der Waals surface area (Å²) in [4.78, 5) is 23.2. The lowest BCUT2D eigenvalue weighted by Gasteiger charge is -2.16. The van der Waals surface area contributed by atoms with Crippen molar-refractivity contribution in [2.45, 2.75) is 27.4 Å². The number of anilines is 1. The van der Waals surface area contributed by atoms with Crippen LogP contribution in [0, 0.1) is 38.9 Å². The van der Waals surface area contributed by atoms with Crippen LogP contribution in [-0.2, 0) is 11.4 Å². The molecule has 0 spiro atoms. The summed E-state index contributed by atoms with van der Waals surface area (Å²) in [5, 5.41) is 23.2. The third-order valence-electron chi connectivity index (χ3n) is 5.31. The van der Waals surface area contributed by atoms with Gasteiger partial charge in [0.2, 0.25) is 0 Å². The second kappa shape index (κ2) is 12.2. The van der Waals surface area contributed by atoms with Crippen LogP contribution in [0.2, 0.25) is 0 Å². The number of nitrogens with one attached hydrogen (secondary N) is 1.